The number of benzene rings is 1. The first-order chi connectivity index (χ1) is 12.2. The normalized spacial score (nSPS) is 23.8. The number of nitrogens with zero attached hydrogens (tertiary/aromatic N) is 3. The van der Waals surface area contributed by atoms with E-state index < -0.39 is 11.6 Å². The Kier molecular flexibility index (Phi) is 4.79. The van der Waals surface area contributed by atoms with Crippen LogP contribution in [0.2, 0.25) is 0 Å². The van der Waals surface area contributed by atoms with Crippen LogP contribution in [-0.4, -0.2) is 21.0 Å². The number of hydrogen-bond donors (Lipinski definition) is 1. The van der Waals surface area contributed by atoms with Crippen LogP contribution in [0.3, 0.4) is 0 Å². The minimum Gasteiger partial charge on any atom is -0.308 e. The van der Waals surface area contributed by atoms with Gasteiger partial charge in [0.25, 0.3) is 0 Å². The maximum absolute atomic E-state index is 13.3. The molecule has 0 amide bonds. The van der Waals surface area contributed by atoms with E-state index in [-0.39, 0.29) is 5.92 Å². The Morgan fingerprint density at radius 3 is 2.76 bits per heavy atom. The summed E-state index contributed by atoms with van der Waals surface area (Å²) < 4.78 is 28.3. The third-order valence-electron chi connectivity index (χ3n) is 5.46. The molecule has 2 aliphatic carbocycles. The molecule has 2 atom stereocenters. The molecular formula is C19H24F2N4. The molecule has 1 aromatic carbocycles. The number of rotatable bonds is 6. The summed E-state index contributed by atoms with van der Waals surface area (Å²) >= 11 is 0. The smallest absolute Gasteiger partial charge is 0.159 e. The second-order valence-corrected chi connectivity index (χ2v) is 7.44. The van der Waals surface area contributed by atoms with Crippen molar-refractivity contribution in [3.8, 4) is 0 Å². The third kappa shape index (κ3) is 4.06. The van der Waals surface area contributed by atoms with E-state index in [0.717, 1.165) is 30.1 Å². The Labute approximate surface area is 146 Å². The average Bonchev–Trinajstić information content (AvgIpc) is 3.27. The number of nitrogens with one attached hydrogen (secondary N) is 1. The average molecular weight is 346 g/mol. The first-order valence-corrected chi connectivity index (χ1v) is 9.26. The lowest BCUT2D eigenvalue weighted by molar-refractivity contribution is 0.305. The second-order valence-electron chi connectivity index (χ2n) is 7.44. The highest BCUT2D eigenvalue weighted by atomic mass is 19.2. The molecule has 0 radical (unpaired) electrons. The molecule has 2 aromatic rings. The summed E-state index contributed by atoms with van der Waals surface area (Å²) in [7, 11) is 0. The van der Waals surface area contributed by atoms with Crippen LogP contribution in [0.1, 0.15) is 55.7 Å². The lowest BCUT2D eigenvalue weighted by Crippen LogP contribution is -2.17. The predicted molar refractivity (Wildman–Crippen MR) is 90.9 cm³/mol. The third-order valence-corrected chi connectivity index (χ3v) is 5.46. The minimum absolute atomic E-state index is 0.257. The Balaban J connectivity index is 1.26. The number of aromatic nitrogens is 3. The van der Waals surface area contributed by atoms with Gasteiger partial charge in [0.2, 0.25) is 0 Å². The SMILES string of the molecule is Fc1ccc([C@@H]2C[C@H]2NCc2cn(CC3CCCCC3)nn2)cc1F. The van der Waals surface area contributed by atoms with Gasteiger partial charge in [0, 0.05) is 31.2 Å². The van der Waals surface area contributed by atoms with Crippen molar-refractivity contribution in [1.29, 1.82) is 0 Å². The minimum atomic E-state index is -0.788. The summed E-state index contributed by atoms with van der Waals surface area (Å²) in [5.74, 6) is -0.567. The van der Waals surface area contributed by atoms with Crippen molar-refractivity contribution in [1.82, 2.24) is 20.3 Å². The quantitative estimate of drug-likeness (QED) is 0.865. The van der Waals surface area contributed by atoms with Crippen molar-refractivity contribution in [3.63, 3.8) is 0 Å². The molecule has 0 bridgehead atoms. The largest absolute Gasteiger partial charge is 0.308 e. The molecule has 25 heavy (non-hydrogen) atoms. The molecule has 0 unspecified atom stereocenters. The molecule has 2 saturated carbocycles. The maximum atomic E-state index is 13.3. The van der Waals surface area contributed by atoms with Crippen molar-refractivity contribution in [2.75, 3.05) is 0 Å². The van der Waals surface area contributed by atoms with Crippen LogP contribution in [0, 0.1) is 17.6 Å². The zero-order chi connectivity index (χ0) is 17.2. The molecule has 0 saturated heterocycles. The fourth-order valence-electron chi connectivity index (χ4n) is 3.91. The Hall–Kier alpha value is -1.82. The molecule has 4 rings (SSSR count). The van der Waals surface area contributed by atoms with Crippen LogP contribution in [0.5, 0.6) is 0 Å². The summed E-state index contributed by atoms with van der Waals surface area (Å²) in [6, 6.07) is 4.48. The van der Waals surface area contributed by atoms with E-state index in [1.807, 2.05) is 10.9 Å². The Morgan fingerprint density at radius 2 is 1.96 bits per heavy atom. The van der Waals surface area contributed by atoms with Gasteiger partial charge in [0.05, 0.1) is 5.69 Å². The fraction of sp³-hybridized carbons (Fsp3) is 0.579. The predicted octanol–water partition coefficient (Wildman–Crippen LogP) is 3.78. The van der Waals surface area contributed by atoms with Gasteiger partial charge < -0.3 is 5.32 Å². The van der Waals surface area contributed by atoms with E-state index >= 15 is 0 Å². The van der Waals surface area contributed by atoms with Crippen molar-refractivity contribution < 1.29 is 8.78 Å². The molecule has 0 aliphatic heterocycles. The number of halogens is 2. The van der Waals surface area contributed by atoms with Crippen LogP contribution < -0.4 is 5.32 Å². The van der Waals surface area contributed by atoms with E-state index in [9.17, 15) is 8.78 Å². The van der Waals surface area contributed by atoms with Crippen molar-refractivity contribution in [2.45, 2.75) is 63.6 Å². The van der Waals surface area contributed by atoms with Crippen molar-refractivity contribution >= 4 is 0 Å². The van der Waals surface area contributed by atoms with E-state index in [0.29, 0.717) is 12.6 Å². The van der Waals surface area contributed by atoms with Crippen LogP contribution in [0.15, 0.2) is 24.4 Å². The zero-order valence-corrected chi connectivity index (χ0v) is 14.3. The summed E-state index contributed by atoms with van der Waals surface area (Å²) in [5, 5.41) is 11.9. The van der Waals surface area contributed by atoms with Gasteiger partial charge in [-0.25, -0.2) is 8.78 Å². The van der Waals surface area contributed by atoms with Gasteiger partial charge in [-0.05, 0) is 42.9 Å². The van der Waals surface area contributed by atoms with Gasteiger partial charge in [-0.15, -0.1) is 5.10 Å². The number of hydrogen-bond acceptors (Lipinski definition) is 3. The topological polar surface area (TPSA) is 42.7 Å². The Morgan fingerprint density at radius 1 is 1.12 bits per heavy atom. The van der Waals surface area contributed by atoms with E-state index in [1.54, 1.807) is 6.07 Å². The molecule has 2 fully saturated rings. The standard InChI is InChI=1S/C19H24F2N4/c20-17-7-6-14(8-18(17)21)16-9-19(16)22-10-15-12-25(24-23-15)11-13-4-2-1-3-5-13/h6-8,12-13,16,19,22H,1-5,9-11H2/t16-,19+/m0/s1. The summed E-state index contributed by atoms with van der Waals surface area (Å²) in [4.78, 5) is 0. The van der Waals surface area contributed by atoms with Crippen LogP contribution in [-0.2, 0) is 13.1 Å². The lowest BCUT2D eigenvalue weighted by atomic mass is 9.89. The Bertz CT molecular complexity index is 724. The first kappa shape index (κ1) is 16.6. The van der Waals surface area contributed by atoms with E-state index in [1.165, 1.54) is 44.2 Å². The van der Waals surface area contributed by atoms with Crippen LogP contribution in [0.4, 0.5) is 8.78 Å². The highest BCUT2D eigenvalue weighted by molar-refractivity contribution is 5.29. The van der Waals surface area contributed by atoms with E-state index in [2.05, 4.69) is 15.6 Å². The molecule has 4 nitrogen and oxygen atoms in total. The van der Waals surface area contributed by atoms with Gasteiger partial charge >= 0.3 is 0 Å². The summed E-state index contributed by atoms with van der Waals surface area (Å²) in [6.07, 6.45) is 9.60. The first-order valence-electron chi connectivity index (χ1n) is 9.26. The van der Waals surface area contributed by atoms with Crippen molar-refractivity contribution in [3.05, 3.63) is 47.3 Å². The lowest BCUT2D eigenvalue weighted by Gasteiger charge is -2.20. The molecule has 2 aliphatic rings. The maximum Gasteiger partial charge on any atom is 0.159 e. The van der Waals surface area contributed by atoms with Crippen LogP contribution >= 0.6 is 0 Å². The summed E-state index contributed by atoms with van der Waals surface area (Å²) in [6.45, 7) is 1.63. The highest BCUT2D eigenvalue weighted by Gasteiger charge is 2.38. The van der Waals surface area contributed by atoms with Gasteiger partial charge in [0.1, 0.15) is 0 Å². The van der Waals surface area contributed by atoms with E-state index in [4.69, 9.17) is 0 Å². The highest BCUT2D eigenvalue weighted by Crippen LogP contribution is 2.41. The monoisotopic (exact) mass is 346 g/mol. The molecule has 6 heteroatoms. The molecule has 1 heterocycles. The second kappa shape index (κ2) is 7.20. The van der Waals surface area contributed by atoms with Gasteiger partial charge in [-0.2, -0.15) is 0 Å². The fourth-order valence-corrected chi connectivity index (χ4v) is 3.91. The van der Waals surface area contributed by atoms with Crippen LogP contribution in [0.25, 0.3) is 0 Å². The molecule has 134 valence electrons. The zero-order valence-electron chi connectivity index (χ0n) is 14.3. The molecule has 1 aromatic heterocycles. The van der Waals surface area contributed by atoms with Gasteiger partial charge in [0.15, 0.2) is 11.6 Å². The van der Waals surface area contributed by atoms with Gasteiger partial charge in [-0.1, -0.05) is 30.5 Å². The summed E-state index contributed by atoms with van der Waals surface area (Å²) in [5.41, 5.74) is 1.80. The molecule has 0 spiro atoms. The van der Waals surface area contributed by atoms with Gasteiger partial charge in [-0.3, -0.25) is 4.68 Å². The van der Waals surface area contributed by atoms with Crippen molar-refractivity contribution in [2.24, 2.45) is 5.92 Å². The molecule has 1 N–H and O–H groups in total. The molecular weight excluding hydrogens is 322 g/mol.